The molecule has 3 amide bonds. The Morgan fingerprint density at radius 2 is 1.72 bits per heavy atom. The minimum Gasteiger partial charge on any atom is -0.390 e. The number of nitrogens with one attached hydrogen (secondary N) is 4. The molecule has 214 valence electrons. The van der Waals surface area contributed by atoms with Gasteiger partial charge in [0.05, 0.1) is 12.1 Å². The smallest absolute Gasteiger partial charge is 0.314 e. The third kappa shape index (κ3) is 8.47. The number of halogens is 2. The van der Waals surface area contributed by atoms with Crippen LogP contribution < -0.4 is 21.3 Å². The van der Waals surface area contributed by atoms with Crippen molar-refractivity contribution in [3.63, 3.8) is 0 Å². The van der Waals surface area contributed by atoms with Crippen molar-refractivity contribution in [3.05, 3.63) is 70.8 Å². The highest BCUT2D eigenvalue weighted by Gasteiger charge is 2.38. The number of rotatable bonds is 9. The van der Waals surface area contributed by atoms with Crippen LogP contribution in [0.15, 0.2) is 42.5 Å². The van der Waals surface area contributed by atoms with Crippen LogP contribution in [0.25, 0.3) is 0 Å². The van der Waals surface area contributed by atoms with E-state index in [4.69, 9.17) is 0 Å². The Kier molecular flexibility index (Phi) is 10.1. The molecule has 2 unspecified atom stereocenters. The summed E-state index contributed by atoms with van der Waals surface area (Å²) >= 11 is 0. The van der Waals surface area contributed by atoms with E-state index in [9.17, 15) is 23.5 Å². The van der Waals surface area contributed by atoms with Crippen molar-refractivity contribution in [2.45, 2.75) is 88.9 Å². The summed E-state index contributed by atoms with van der Waals surface area (Å²) in [4.78, 5) is 23.8. The molecule has 1 saturated carbocycles. The van der Waals surface area contributed by atoms with Crippen molar-refractivity contribution in [1.29, 1.82) is 0 Å². The number of hydrogen-bond acceptors (Lipinski definition) is 4. The van der Waals surface area contributed by atoms with Crippen molar-refractivity contribution in [2.24, 2.45) is 0 Å². The predicted octanol–water partition coefficient (Wildman–Crippen LogP) is 4.03. The van der Waals surface area contributed by atoms with Gasteiger partial charge >= 0.3 is 6.03 Å². The van der Waals surface area contributed by atoms with Gasteiger partial charge in [-0.05, 0) is 66.3 Å². The van der Waals surface area contributed by atoms with E-state index < -0.39 is 29.3 Å². The van der Waals surface area contributed by atoms with Gasteiger partial charge in [-0.15, -0.1) is 0 Å². The topological polar surface area (TPSA) is 102 Å². The highest BCUT2D eigenvalue weighted by atomic mass is 19.1. The molecule has 0 saturated heterocycles. The van der Waals surface area contributed by atoms with Crippen molar-refractivity contribution in [2.75, 3.05) is 13.6 Å². The first kappa shape index (κ1) is 30.5. The van der Waals surface area contributed by atoms with Crippen LogP contribution in [0.3, 0.4) is 0 Å². The van der Waals surface area contributed by atoms with Crippen LogP contribution >= 0.6 is 0 Å². The van der Waals surface area contributed by atoms with Gasteiger partial charge in [0.15, 0.2) is 0 Å². The lowest BCUT2D eigenvalue weighted by atomic mass is 9.73. The van der Waals surface area contributed by atoms with Gasteiger partial charge in [0.1, 0.15) is 11.6 Å². The number of amides is 3. The van der Waals surface area contributed by atoms with Crippen LogP contribution in [0, 0.1) is 11.6 Å². The van der Waals surface area contributed by atoms with Gasteiger partial charge in [-0.3, -0.25) is 4.79 Å². The first-order valence-corrected chi connectivity index (χ1v) is 13.6. The number of carbonyl (C=O) groups excluding carboxylic acids is 2. The van der Waals surface area contributed by atoms with Gasteiger partial charge in [0, 0.05) is 38.2 Å². The molecule has 0 aromatic heterocycles. The van der Waals surface area contributed by atoms with Gasteiger partial charge in [0.25, 0.3) is 0 Å². The van der Waals surface area contributed by atoms with Crippen LogP contribution in [0.2, 0.25) is 0 Å². The maximum absolute atomic E-state index is 13.8. The lowest BCUT2D eigenvalue weighted by molar-refractivity contribution is -0.120. The Balaban J connectivity index is 1.84. The Bertz CT molecular complexity index is 1120. The number of carbonyl (C=O) groups is 2. The van der Waals surface area contributed by atoms with Gasteiger partial charge in [0.2, 0.25) is 5.91 Å². The summed E-state index contributed by atoms with van der Waals surface area (Å²) in [6, 6.07) is 10.7. The molecule has 0 radical (unpaired) electrons. The minimum absolute atomic E-state index is 0.0330. The molecule has 7 nitrogen and oxygen atoms in total. The molecule has 39 heavy (non-hydrogen) atoms. The summed E-state index contributed by atoms with van der Waals surface area (Å²) in [5.74, 6) is -1.76. The Hall–Kier alpha value is -3.04. The first-order chi connectivity index (χ1) is 18.3. The monoisotopic (exact) mass is 544 g/mol. The normalized spacial score (nSPS) is 21.1. The molecule has 2 aromatic rings. The second-order valence-corrected chi connectivity index (χ2v) is 11.6. The number of hydrogen-bond donors (Lipinski definition) is 5. The number of aliphatic hydroxyl groups is 1. The van der Waals surface area contributed by atoms with Gasteiger partial charge in [-0.25, -0.2) is 13.6 Å². The number of benzene rings is 2. The van der Waals surface area contributed by atoms with Crippen molar-refractivity contribution in [1.82, 2.24) is 21.3 Å². The first-order valence-electron chi connectivity index (χ1n) is 13.6. The minimum atomic E-state index is -1.02. The third-order valence-corrected chi connectivity index (χ3v) is 7.56. The molecule has 0 spiro atoms. The zero-order valence-electron chi connectivity index (χ0n) is 23.5. The van der Waals surface area contributed by atoms with Gasteiger partial charge in [-0.2, -0.15) is 0 Å². The van der Waals surface area contributed by atoms with E-state index in [0.29, 0.717) is 5.56 Å². The maximum atomic E-state index is 13.8. The molecule has 3 rings (SSSR count). The summed E-state index contributed by atoms with van der Waals surface area (Å²) in [7, 11) is 1.59. The molecule has 0 heterocycles. The molecule has 2 aromatic carbocycles. The lowest BCUT2D eigenvalue weighted by Crippen LogP contribution is -2.55. The quantitative estimate of drug-likeness (QED) is 0.329. The Labute approximate surface area is 230 Å². The Morgan fingerprint density at radius 3 is 2.28 bits per heavy atom. The zero-order valence-corrected chi connectivity index (χ0v) is 23.5. The molecule has 9 heteroatoms. The van der Waals surface area contributed by atoms with Crippen LogP contribution in [0.1, 0.15) is 70.1 Å². The molecule has 0 aliphatic heterocycles. The molecule has 2 atom stereocenters. The summed E-state index contributed by atoms with van der Waals surface area (Å²) in [5, 5.41) is 23.2. The van der Waals surface area contributed by atoms with Crippen molar-refractivity contribution >= 4 is 11.9 Å². The summed E-state index contributed by atoms with van der Waals surface area (Å²) in [5.41, 5.74) is 2.12. The second kappa shape index (κ2) is 12.9. The van der Waals surface area contributed by atoms with E-state index in [-0.39, 0.29) is 36.4 Å². The molecule has 1 aliphatic rings. The van der Waals surface area contributed by atoms with Crippen LogP contribution in [0.5, 0.6) is 0 Å². The summed E-state index contributed by atoms with van der Waals surface area (Å²) in [6.45, 7) is 7.98. The highest BCUT2D eigenvalue weighted by Crippen LogP contribution is 2.39. The standard InChI is InChI=1S/C30H42F2N4O3/c1-19(37)35-26(15-20-13-23(31)17-24(32)14-20)27(38)18-34-30(11-9-25(10-12-30)36-28(39)33-5)22-8-6-7-21(16-22)29(2,3)4/h6-8,13-14,16-17,25-27,34,38H,9-12,15,18H2,1-5H3,(H,35,37)(H2,33,36,39). The fraction of sp³-hybridized carbons (Fsp3) is 0.533. The van der Waals surface area contributed by atoms with Crippen LogP contribution in [0.4, 0.5) is 13.6 Å². The average Bonchev–Trinajstić information content (AvgIpc) is 2.86. The third-order valence-electron chi connectivity index (χ3n) is 7.56. The van der Waals surface area contributed by atoms with Crippen molar-refractivity contribution in [3.8, 4) is 0 Å². The van der Waals surface area contributed by atoms with E-state index in [1.807, 2.05) is 6.07 Å². The van der Waals surface area contributed by atoms with Crippen molar-refractivity contribution < 1.29 is 23.5 Å². The fourth-order valence-corrected chi connectivity index (χ4v) is 5.33. The van der Waals surface area contributed by atoms with E-state index >= 15 is 0 Å². The fourth-order valence-electron chi connectivity index (χ4n) is 5.33. The lowest BCUT2D eigenvalue weighted by Gasteiger charge is -2.43. The molecule has 0 bridgehead atoms. The van der Waals surface area contributed by atoms with E-state index in [0.717, 1.165) is 37.3 Å². The maximum Gasteiger partial charge on any atom is 0.314 e. The van der Waals surface area contributed by atoms with E-state index in [1.165, 1.54) is 24.6 Å². The van der Waals surface area contributed by atoms with Gasteiger partial charge in [-0.1, -0.05) is 45.0 Å². The number of urea groups is 1. The molecular weight excluding hydrogens is 502 g/mol. The molecule has 5 N–H and O–H groups in total. The molecular formula is C30H42F2N4O3. The van der Waals surface area contributed by atoms with E-state index in [2.05, 4.69) is 60.2 Å². The second-order valence-electron chi connectivity index (χ2n) is 11.6. The highest BCUT2D eigenvalue weighted by molar-refractivity contribution is 5.74. The average molecular weight is 545 g/mol. The largest absolute Gasteiger partial charge is 0.390 e. The number of aliphatic hydroxyl groups excluding tert-OH is 1. The SMILES string of the molecule is CNC(=O)NC1CCC(NCC(O)C(Cc2cc(F)cc(F)c2)NC(C)=O)(c2cccc(C(C)(C)C)c2)CC1. The molecule has 1 aliphatic carbocycles. The predicted molar refractivity (Wildman–Crippen MR) is 148 cm³/mol. The zero-order chi connectivity index (χ0) is 28.8. The van der Waals surface area contributed by atoms with Crippen LogP contribution in [-0.2, 0) is 22.2 Å². The van der Waals surface area contributed by atoms with Gasteiger partial charge < -0.3 is 26.4 Å². The Morgan fingerprint density at radius 1 is 1.08 bits per heavy atom. The van der Waals surface area contributed by atoms with Crippen LogP contribution in [-0.4, -0.2) is 48.8 Å². The summed E-state index contributed by atoms with van der Waals surface area (Å²) in [6.07, 6.45) is 1.98. The summed E-state index contributed by atoms with van der Waals surface area (Å²) < 4.78 is 27.6. The molecule has 1 fully saturated rings. The van der Waals surface area contributed by atoms with E-state index in [1.54, 1.807) is 7.05 Å².